The van der Waals surface area contributed by atoms with Crippen LogP contribution in [0.2, 0.25) is 0 Å². The van der Waals surface area contributed by atoms with Crippen molar-refractivity contribution >= 4 is 5.57 Å². The van der Waals surface area contributed by atoms with Gasteiger partial charge in [-0.3, -0.25) is 10.3 Å². The SMILES string of the molecule is CCc1cc(O)ccc1C1CCC2C(c3ncc(C4=CCN(CCO)C4)[nH]3)NNC2C1F. The smallest absolute Gasteiger partial charge is 0.125 e. The van der Waals surface area contributed by atoms with Gasteiger partial charge in [-0.1, -0.05) is 19.1 Å². The molecular weight excluding hydrogens is 409 g/mol. The van der Waals surface area contributed by atoms with Crippen LogP contribution in [0.5, 0.6) is 5.75 Å². The van der Waals surface area contributed by atoms with Crippen molar-refractivity contribution in [3.8, 4) is 5.75 Å². The van der Waals surface area contributed by atoms with E-state index in [-0.39, 0.29) is 36.3 Å². The standard InChI is InChI=1S/C24H32FN5O2/c1-2-14-11-16(32)3-4-17(14)18-5-6-19-22(21(18)25)28-29-23(19)24-26-12-20(27-24)15-7-8-30(13-15)9-10-31/h3-4,7,11-12,18-19,21-23,28-29,31-32H,2,5-6,8-10,13H2,1H3,(H,26,27). The van der Waals surface area contributed by atoms with Crippen LogP contribution >= 0.6 is 0 Å². The van der Waals surface area contributed by atoms with Crippen LogP contribution in [0.1, 0.15) is 54.4 Å². The number of imidazole rings is 1. The number of alkyl halides is 1. The fraction of sp³-hybridized carbons (Fsp3) is 0.542. The Labute approximate surface area is 187 Å². The van der Waals surface area contributed by atoms with E-state index in [0.717, 1.165) is 55.0 Å². The number of β-amino-alcohol motifs (C(OH)–C–C–N with tert-alkyl or cyclic N) is 1. The van der Waals surface area contributed by atoms with Crippen LogP contribution in [0.4, 0.5) is 4.39 Å². The van der Waals surface area contributed by atoms with Crippen molar-refractivity contribution in [1.29, 1.82) is 0 Å². The second-order valence-corrected chi connectivity index (χ2v) is 9.19. The van der Waals surface area contributed by atoms with Crippen molar-refractivity contribution in [3.05, 3.63) is 53.1 Å². The monoisotopic (exact) mass is 441 g/mol. The van der Waals surface area contributed by atoms with Crippen LogP contribution in [0.25, 0.3) is 5.57 Å². The lowest BCUT2D eigenvalue weighted by molar-refractivity contribution is 0.135. The zero-order chi connectivity index (χ0) is 22.2. The Balaban J connectivity index is 1.30. The Morgan fingerprint density at radius 1 is 1.25 bits per heavy atom. The van der Waals surface area contributed by atoms with Crippen LogP contribution in [0, 0.1) is 5.92 Å². The van der Waals surface area contributed by atoms with E-state index in [0.29, 0.717) is 6.54 Å². The molecule has 1 saturated heterocycles. The van der Waals surface area contributed by atoms with E-state index in [1.54, 1.807) is 12.1 Å². The van der Waals surface area contributed by atoms with Gasteiger partial charge in [-0.2, -0.15) is 0 Å². The maximum Gasteiger partial charge on any atom is 0.125 e. The number of H-pyrrole nitrogens is 1. The van der Waals surface area contributed by atoms with Crippen LogP contribution in [0.15, 0.2) is 30.5 Å². The van der Waals surface area contributed by atoms with E-state index in [1.807, 2.05) is 19.2 Å². The fourth-order valence-electron chi connectivity index (χ4n) is 5.68. The molecular formula is C24H32FN5O2. The molecule has 8 heteroatoms. The van der Waals surface area contributed by atoms with E-state index in [1.165, 1.54) is 5.57 Å². The highest BCUT2D eigenvalue weighted by molar-refractivity contribution is 5.66. The average Bonchev–Trinajstić information content (AvgIpc) is 3.53. The molecule has 5 unspecified atom stereocenters. The van der Waals surface area contributed by atoms with E-state index in [2.05, 4.69) is 31.8 Å². The van der Waals surface area contributed by atoms with E-state index in [4.69, 9.17) is 5.11 Å². The predicted molar refractivity (Wildman–Crippen MR) is 121 cm³/mol. The van der Waals surface area contributed by atoms with Crippen molar-refractivity contribution in [2.24, 2.45) is 5.92 Å². The van der Waals surface area contributed by atoms with Gasteiger partial charge in [0, 0.05) is 31.5 Å². The summed E-state index contributed by atoms with van der Waals surface area (Å²) in [7, 11) is 0. The van der Waals surface area contributed by atoms with Crippen molar-refractivity contribution in [2.75, 3.05) is 26.2 Å². The Bertz CT molecular complexity index is 993. The molecule has 3 heterocycles. The van der Waals surface area contributed by atoms with E-state index in [9.17, 15) is 5.11 Å². The average molecular weight is 442 g/mol. The minimum absolute atomic E-state index is 0.0611. The second kappa shape index (κ2) is 8.94. The summed E-state index contributed by atoms with van der Waals surface area (Å²) in [6.07, 6.45) is 5.46. The summed E-state index contributed by atoms with van der Waals surface area (Å²) >= 11 is 0. The van der Waals surface area contributed by atoms with Crippen molar-refractivity contribution in [1.82, 2.24) is 25.7 Å². The summed E-state index contributed by atoms with van der Waals surface area (Å²) < 4.78 is 15.7. The lowest BCUT2D eigenvalue weighted by Crippen LogP contribution is -2.45. The van der Waals surface area contributed by atoms with Gasteiger partial charge in [-0.15, -0.1) is 0 Å². The second-order valence-electron chi connectivity index (χ2n) is 9.19. The van der Waals surface area contributed by atoms with Gasteiger partial charge in [-0.05, 0) is 48.1 Å². The number of fused-ring (bicyclic) bond motifs is 1. The van der Waals surface area contributed by atoms with Gasteiger partial charge in [0.25, 0.3) is 0 Å². The minimum atomic E-state index is -1.01. The molecule has 7 nitrogen and oxygen atoms in total. The number of rotatable bonds is 6. The topological polar surface area (TPSA) is 96.4 Å². The summed E-state index contributed by atoms with van der Waals surface area (Å²) in [6.45, 7) is 4.50. The number of aromatic nitrogens is 2. The minimum Gasteiger partial charge on any atom is -0.508 e. The Hall–Kier alpha value is -2.26. The van der Waals surface area contributed by atoms with E-state index >= 15 is 4.39 Å². The number of aliphatic hydroxyl groups excluding tert-OH is 1. The molecule has 0 amide bonds. The summed E-state index contributed by atoms with van der Waals surface area (Å²) in [4.78, 5) is 10.3. The van der Waals surface area contributed by atoms with Crippen molar-refractivity contribution < 1.29 is 14.6 Å². The molecule has 0 bridgehead atoms. The van der Waals surface area contributed by atoms with Crippen LogP contribution in [-0.2, 0) is 6.42 Å². The molecule has 172 valence electrons. The van der Waals surface area contributed by atoms with Gasteiger partial charge < -0.3 is 15.2 Å². The first-order chi connectivity index (χ1) is 15.6. The summed E-state index contributed by atoms with van der Waals surface area (Å²) in [6, 6.07) is 4.98. The fourth-order valence-corrected chi connectivity index (χ4v) is 5.68. The highest BCUT2D eigenvalue weighted by Gasteiger charge is 2.48. The van der Waals surface area contributed by atoms with Gasteiger partial charge in [0.2, 0.25) is 0 Å². The molecule has 1 aliphatic carbocycles. The van der Waals surface area contributed by atoms with Gasteiger partial charge in [0.1, 0.15) is 17.7 Å². The van der Waals surface area contributed by atoms with Crippen LogP contribution in [-0.4, -0.2) is 63.5 Å². The molecule has 1 aromatic heterocycles. The summed E-state index contributed by atoms with van der Waals surface area (Å²) in [5, 5.41) is 19.0. The van der Waals surface area contributed by atoms with Crippen LogP contribution in [0.3, 0.4) is 0 Å². The third-order valence-corrected chi connectivity index (χ3v) is 7.38. The number of hydrogen-bond donors (Lipinski definition) is 5. The molecule has 0 radical (unpaired) electrons. The number of benzene rings is 1. The number of hydrazine groups is 1. The summed E-state index contributed by atoms with van der Waals surface area (Å²) in [5.74, 6) is 1.02. The molecule has 2 aromatic rings. The molecule has 1 saturated carbocycles. The highest BCUT2D eigenvalue weighted by Crippen LogP contribution is 2.45. The number of nitrogens with zero attached hydrogens (tertiary/aromatic N) is 2. The van der Waals surface area contributed by atoms with E-state index < -0.39 is 6.17 Å². The maximum absolute atomic E-state index is 15.7. The molecule has 32 heavy (non-hydrogen) atoms. The van der Waals surface area contributed by atoms with Gasteiger partial charge in [-0.25, -0.2) is 14.8 Å². The van der Waals surface area contributed by atoms with Gasteiger partial charge >= 0.3 is 0 Å². The highest BCUT2D eigenvalue weighted by atomic mass is 19.1. The molecule has 5 atom stereocenters. The molecule has 0 spiro atoms. The van der Waals surface area contributed by atoms with Gasteiger partial charge in [0.15, 0.2) is 0 Å². The number of nitrogens with one attached hydrogen (secondary N) is 3. The third-order valence-electron chi connectivity index (χ3n) is 7.38. The molecule has 1 aromatic carbocycles. The Morgan fingerprint density at radius 2 is 2.12 bits per heavy atom. The Kier molecular flexibility index (Phi) is 6.03. The lowest BCUT2D eigenvalue weighted by atomic mass is 9.71. The first-order valence-electron chi connectivity index (χ1n) is 11.6. The number of halogens is 1. The number of aromatic hydroxyl groups is 1. The summed E-state index contributed by atoms with van der Waals surface area (Å²) in [5.41, 5.74) is 10.7. The predicted octanol–water partition coefficient (Wildman–Crippen LogP) is 2.42. The molecule has 3 aliphatic rings. The number of phenols is 1. The number of aryl methyl sites for hydroxylation is 1. The number of phenolic OH excluding ortho intramolecular Hbond substituents is 1. The lowest BCUT2D eigenvalue weighted by Gasteiger charge is -2.36. The molecule has 2 aliphatic heterocycles. The molecule has 5 rings (SSSR count). The first-order valence-corrected chi connectivity index (χ1v) is 11.6. The number of aliphatic hydroxyl groups is 1. The quantitative estimate of drug-likeness (QED) is 0.473. The maximum atomic E-state index is 15.7. The van der Waals surface area contributed by atoms with Crippen molar-refractivity contribution in [2.45, 2.75) is 50.4 Å². The molecule has 5 N–H and O–H groups in total. The molecule has 2 fully saturated rings. The first kappa shape index (κ1) is 21.6. The van der Waals surface area contributed by atoms with Crippen LogP contribution < -0.4 is 10.9 Å². The number of aromatic amines is 1. The zero-order valence-corrected chi connectivity index (χ0v) is 18.4. The number of hydrogen-bond acceptors (Lipinski definition) is 6. The third kappa shape index (κ3) is 3.85. The van der Waals surface area contributed by atoms with Gasteiger partial charge in [0.05, 0.1) is 30.6 Å². The van der Waals surface area contributed by atoms with Crippen molar-refractivity contribution in [3.63, 3.8) is 0 Å². The largest absolute Gasteiger partial charge is 0.508 e. The zero-order valence-electron chi connectivity index (χ0n) is 18.4. The normalized spacial score (nSPS) is 30.5. The Morgan fingerprint density at radius 3 is 2.94 bits per heavy atom.